The number of hydrogen-bond acceptors (Lipinski definition) is 5. The molecular formula is C18H17BrN2O5. The van der Waals surface area contributed by atoms with Crippen molar-refractivity contribution in [2.24, 2.45) is 0 Å². The molecule has 136 valence electrons. The maximum atomic E-state index is 12.4. The third kappa shape index (κ3) is 6.21. The number of carbonyl (C=O) groups excluding carboxylic acids is 3. The molecule has 0 spiro atoms. The Morgan fingerprint density at radius 3 is 2.69 bits per heavy atom. The average Bonchev–Trinajstić information content (AvgIpc) is 3.12. The Hall–Kier alpha value is -2.87. The van der Waals surface area contributed by atoms with E-state index < -0.39 is 17.8 Å². The van der Waals surface area contributed by atoms with E-state index in [-0.39, 0.29) is 24.6 Å². The minimum atomic E-state index is -0.550. The summed E-state index contributed by atoms with van der Waals surface area (Å²) in [6, 6.07) is 10.3. The van der Waals surface area contributed by atoms with E-state index in [1.54, 1.807) is 24.3 Å². The normalized spacial score (nSPS) is 10.9. The van der Waals surface area contributed by atoms with Gasteiger partial charge in [0.2, 0.25) is 0 Å². The molecule has 2 rings (SSSR count). The molecule has 0 fully saturated rings. The number of furan rings is 1. The smallest absolute Gasteiger partial charge is 0.302 e. The highest BCUT2D eigenvalue weighted by Gasteiger charge is 2.16. The van der Waals surface area contributed by atoms with Crippen molar-refractivity contribution in [3.63, 3.8) is 0 Å². The summed E-state index contributed by atoms with van der Waals surface area (Å²) in [4.78, 5) is 35.4. The predicted octanol–water partition coefficient (Wildman–Crippen LogP) is 2.49. The zero-order chi connectivity index (χ0) is 18.9. The third-order valence-electron chi connectivity index (χ3n) is 3.09. The quantitative estimate of drug-likeness (QED) is 0.407. The Bertz CT molecular complexity index is 815. The van der Waals surface area contributed by atoms with Crippen LogP contribution in [0.3, 0.4) is 0 Å². The number of amides is 2. The van der Waals surface area contributed by atoms with Gasteiger partial charge in [-0.1, -0.05) is 28.1 Å². The number of esters is 1. The molecular weight excluding hydrogens is 404 g/mol. The Kier molecular flexibility index (Phi) is 7.16. The molecule has 1 aromatic heterocycles. The standard InChI is InChI=1S/C18H17BrN2O5/c1-12(22)25-9-7-20-17(23)15(11-13-4-2-5-14(19)10-13)21-18(24)16-6-3-8-26-16/h2-6,8,10-11H,7,9H2,1H3,(H,20,23)(H,21,24)/b15-11+. The van der Waals surface area contributed by atoms with Gasteiger partial charge in [-0.3, -0.25) is 14.4 Å². The van der Waals surface area contributed by atoms with Gasteiger partial charge in [0.1, 0.15) is 12.3 Å². The number of carbonyl (C=O) groups is 3. The van der Waals surface area contributed by atoms with Gasteiger partial charge in [-0.05, 0) is 35.9 Å². The van der Waals surface area contributed by atoms with E-state index >= 15 is 0 Å². The fraction of sp³-hybridized carbons (Fsp3) is 0.167. The fourth-order valence-corrected chi connectivity index (χ4v) is 2.38. The minimum Gasteiger partial charge on any atom is -0.464 e. The summed E-state index contributed by atoms with van der Waals surface area (Å²) in [6.45, 7) is 1.44. The van der Waals surface area contributed by atoms with E-state index in [0.29, 0.717) is 5.56 Å². The van der Waals surface area contributed by atoms with E-state index in [1.165, 1.54) is 25.3 Å². The molecule has 7 nitrogen and oxygen atoms in total. The molecule has 0 bridgehead atoms. The van der Waals surface area contributed by atoms with Crippen LogP contribution in [0.15, 0.2) is 57.2 Å². The lowest BCUT2D eigenvalue weighted by molar-refractivity contribution is -0.141. The first-order chi connectivity index (χ1) is 12.5. The maximum absolute atomic E-state index is 12.4. The van der Waals surface area contributed by atoms with Gasteiger partial charge in [-0.2, -0.15) is 0 Å². The van der Waals surface area contributed by atoms with Gasteiger partial charge < -0.3 is 19.8 Å². The number of benzene rings is 1. The number of nitrogens with one attached hydrogen (secondary N) is 2. The first-order valence-electron chi connectivity index (χ1n) is 7.69. The van der Waals surface area contributed by atoms with Crippen molar-refractivity contribution >= 4 is 39.8 Å². The first-order valence-corrected chi connectivity index (χ1v) is 8.48. The first kappa shape index (κ1) is 19.5. The second-order valence-electron chi connectivity index (χ2n) is 5.14. The van der Waals surface area contributed by atoms with E-state index in [9.17, 15) is 14.4 Å². The molecule has 0 saturated heterocycles. The van der Waals surface area contributed by atoms with Gasteiger partial charge in [0, 0.05) is 11.4 Å². The van der Waals surface area contributed by atoms with Crippen LogP contribution in [0.5, 0.6) is 0 Å². The largest absolute Gasteiger partial charge is 0.464 e. The Morgan fingerprint density at radius 2 is 2.04 bits per heavy atom. The Balaban J connectivity index is 2.13. The molecule has 2 N–H and O–H groups in total. The van der Waals surface area contributed by atoms with Crippen molar-refractivity contribution in [2.45, 2.75) is 6.92 Å². The number of halogens is 1. The molecule has 0 radical (unpaired) electrons. The van der Waals surface area contributed by atoms with E-state index in [0.717, 1.165) is 4.47 Å². The second-order valence-corrected chi connectivity index (χ2v) is 6.06. The summed E-state index contributed by atoms with van der Waals surface area (Å²) < 4.78 is 10.6. The van der Waals surface area contributed by atoms with E-state index in [1.807, 2.05) is 6.07 Å². The molecule has 0 aliphatic rings. The van der Waals surface area contributed by atoms with Crippen molar-refractivity contribution in [1.82, 2.24) is 10.6 Å². The highest BCUT2D eigenvalue weighted by molar-refractivity contribution is 9.10. The molecule has 0 aliphatic carbocycles. The van der Waals surface area contributed by atoms with Crippen molar-refractivity contribution in [3.05, 3.63) is 64.2 Å². The van der Waals surface area contributed by atoms with Crippen LogP contribution in [-0.4, -0.2) is 30.9 Å². The van der Waals surface area contributed by atoms with Crippen LogP contribution in [0.4, 0.5) is 0 Å². The molecule has 26 heavy (non-hydrogen) atoms. The summed E-state index contributed by atoms with van der Waals surface area (Å²) in [7, 11) is 0. The number of rotatable bonds is 7. The Morgan fingerprint density at radius 1 is 1.23 bits per heavy atom. The topological polar surface area (TPSA) is 97.6 Å². The zero-order valence-electron chi connectivity index (χ0n) is 14.0. The lowest BCUT2D eigenvalue weighted by Crippen LogP contribution is -2.36. The highest BCUT2D eigenvalue weighted by atomic mass is 79.9. The van der Waals surface area contributed by atoms with Crippen molar-refractivity contribution < 1.29 is 23.5 Å². The molecule has 0 saturated carbocycles. The molecule has 8 heteroatoms. The second kappa shape index (κ2) is 9.57. The van der Waals surface area contributed by atoms with Gasteiger partial charge in [-0.25, -0.2) is 0 Å². The highest BCUT2D eigenvalue weighted by Crippen LogP contribution is 2.14. The minimum absolute atomic E-state index is 0.0346. The molecule has 0 unspecified atom stereocenters. The molecule has 1 heterocycles. The molecule has 0 aliphatic heterocycles. The van der Waals surface area contributed by atoms with Crippen molar-refractivity contribution in [3.8, 4) is 0 Å². The monoisotopic (exact) mass is 420 g/mol. The molecule has 2 amide bonds. The fourth-order valence-electron chi connectivity index (χ4n) is 1.97. The van der Waals surface area contributed by atoms with Gasteiger partial charge in [-0.15, -0.1) is 0 Å². The zero-order valence-corrected chi connectivity index (χ0v) is 15.5. The van der Waals surface area contributed by atoms with Gasteiger partial charge in [0.15, 0.2) is 5.76 Å². The summed E-state index contributed by atoms with van der Waals surface area (Å²) in [5, 5.41) is 5.11. The molecule has 0 atom stereocenters. The van der Waals surface area contributed by atoms with Gasteiger partial charge in [0.25, 0.3) is 11.8 Å². The van der Waals surface area contributed by atoms with Crippen LogP contribution in [0.25, 0.3) is 6.08 Å². The summed E-state index contributed by atoms with van der Waals surface area (Å²) in [5.74, 6) is -1.42. The SMILES string of the molecule is CC(=O)OCCNC(=O)/C(=C\c1cccc(Br)c1)NC(=O)c1ccco1. The number of ether oxygens (including phenoxy) is 1. The summed E-state index contributed by atoms with van der Waals surface area (Å²) in [6.07, 6.45) is 2.90. The molecule has 2 aromatic rings. The Labute approximate surface area is 158 Å². The van der Waals surface area contributed by atoms with Crippen LogP contribution in [0.2, 0.25) is 0 Å². The third-order valence-corrected chi connectivity index (χ3v) is 3.58. The lowest BCUT2D eigenvalue weighted by Gasteiger charge is -2.10. The van der Waals surface area contributed by atoms with E-state index in [4.69, 9.17) is 9.15 Å². The lowest BCUT2D eigenvalue weighted by atomic mass is 10.2. The van der Waals surface area contributed by atoms with Crippen LogP contribution in [-0.2, 0) is 14.3 Å². The maximum Gasteiger partial charge on any atom is 0.302 e. The average molecular weight is 421 g/mol. The van der Waals surface area contributed by atoms with Crippen LogP contribution in [0, 0.1) is 0 Å². The van der Waals surface area contributed by atoms with Crippen LogP contribution >= 0.6 is 15.9 Å². The van der Waals surface area contributed by atoms with E-state index in [2.05, 4.69) is 26.6 Å². The number of hydrogen-bond donors (Lipinski definition) is 2. The van der Waals surface area contributed by atoms with Gasteiger partial charge in [0.05, 0.1) is 12.8 Å². The molecule has 1 aromatic carbocycles. The van der Waals surface area contributed by atoms with Crippen LogP contribution in [0.1, 0.15) is 23.0 Å². The summed E-state index contributed by atoms with van der Waals surface area (Å²) >= 11 is 3.36. The van der Waals surface area contributed by atoms with Gasteiger partial charge >= 0.3 is 5.97 Å². The van der Waals surface area contributed by atoms with Crippen molar-refractivity contribution in [2.75, 3.05) is 13.2 Å². The van der Waals surface area contributed by atoms with Crippen molar-refractivity contribution in [1.29, 1.82) is 0 Å². The predicted molar refractivity (Wildman–Crippen MR) is 97.9 cm³/mol. The van der Waals surface area contributed by atoms with Crippen LogP contribution < -0.4 is 10.6 Å². The summed E-state index contributed by atoms with van der Waals surface area (Å²) in [5.41, 5.74) is 0.747.